The van der Waals surface area contributed by atoms with E-state index in [0.717, 1.165) is 55.2 Å². The molecule has 1 saturated heterocycles. The minimum atomic E-state index is -3.71. The van der Waals surface area contributed by atoms with Crippen LogP contribution in [0.1, 0.15) is 23.6 Å². The Morgan fingerprint density at radius 2 is 1.63 bits per heavy atom. The van der Waals surface area contributed by atoms with Crippen molar-refractivity contribution in [2.45, 2.75) is 32.6 Å². The third kappa shape index (κ3) is 4.39. The molecule has 2 heterocycles. The fourth-order valence-electron chi connectivity index (χ4n) is 3.62. The smallest absolute Gasteiger partial charge is 0.263 e. The molecule has 0 unspecified atom stereocenters. The van der Waals surface area contributed by atoms with Crippen molar-refractivity contribution in [3.63, 3.8) is 0 Å². The summed E-state index contributed by atoms with van der Waals surface area (Å²) >= 11 is 0. The summed E-state index contributed by atoms with van der Waals surface area (Å²) in [6.45, 7) is 12.6. The number of benzene rings is 1. The number of piperazine rings is 1. The summed E-state index contributed by atoms with van der Waals surface area (Å²) in [5.41, 5.74) is 2.48. The van der Waals surface area contributed by atoms with E-state index in [4.69, 9.17) is 0 Å². The normalized spacial score (nSPS) is 15.8. The quantitative estimate of drug-likeness (QED) is 0.846. The molecule has 3 rings (SSSR count). The summed E-state index contributed by atoms with van der Waals surface area (Å²) in [5.74, 6) is 1.00. The SMILES string of the molecule is CCN1CCN(c2ccc(NS(=O)(=O)c3c(C)cc(C)cc3C)nn2)CC1. The third-order valence-corrected chi connectivity index (χ3v) is 6.57. The molecule has 27 heavy (non-hydrogen) atoms. The van der Waals surface area contributed by atoms with Crippen molar-refractivity contribution in [2.75, 3.05) is 42.3 Å². The number of anilines is 2. The van der Waals surface area contributed by atoms with Gasteiger partial charge in [-0.2, -0.15) is 0 Å². The van der Waals surface area contributed by atoms with E-state index in [1.165, 1.54) is 0 Å². The second-order valence-electron chi connectivity index (χ2n) is 7.03. The number of aromatic nitrogens is 2. The van der Waals surface area contributed by atoms with Gasteiger partial charge >= 0.3 is 0 Å². The summed E-state index contributed by atoms with van der Waals surface area (Å²) in [5, 5.41) is 8.31. The van der Waals surface area contributed by atoms with Crippen LogP contribution in [-0.4, -0.2) is 56.2 Å². The minimum absolute atomic E-state index is 0.227. The van der Waals surface area contributed by atoms with Gasteiger partial charge in [-0.25, -0.2) is 8.42 Å². The lowest BCUT2D eigenvalue weighted by atomic mass is 10.1. The van der Waals surface area contributed by atoms with E-state index in [1.54, 1.807) is 19.9 Å². The number of aryl methyl sites for hydroxylation is 3. The predicted octanol–water partition coefficient (Wildman–Crippen LogP) is 2.34. The van der Waals surface area contributed by atoms with Crippen LogP contribution in [0.2, 0.25) is 0 Å². The number of nitrogens with zero attached hydrogens (tertiary/aromatic N) is 4. The molecule has 0 radical (unpaired) electrons. The van der Waals surface area contributed by atoms with Gasteiger partial charge in [0, 0.05) is 26.2 Å². The number of rotatable bonds is 5. The molecule has 0 bridgehead atoms. The van der Waals surface area contributed by atoms with E-state index >= 15 is 0 Å². The molecule has 7 nitrogen and oxygen atoms in total. The second kappa shape index (κ2) is 7.82. The summed E-state index contributed by atoms with van der Waals surface area (Å²) < 4.78 is 28.2. The van der Waals surface area contributed by atoms with Crippen molar-refractivity contribution in [3.8, 4) is 0 Å². The fourth-order valence-corrected chi connectivity index (χ4v) is 5.07. The number of hydrogen-bond donors (Lipinski definition) is 1. The van der Waals surface area contributed by atoms with E-state index in [0.29, 0.717) is 4.90 Å². The molecular formula is C19H27N5O2S. The molecule has 1 aromatic carbocycles. The molecular weight excluding hydrogens is 362 g/mol. The van der Waals surface area contributed by atoms with Gasteiger partial charge in [0.15, 0.2) is 11.6 Å². The molecule has 0 saturated carbocycles. The summed E-state index contributed by atoms with van der Waals surface area (Å²) in [6.07, 6.45) is 0. The Morgan fingerprint density at radius 1 is 1.00 bits per heavy atom. The predicted molar refractivity (Wildman–Crippen MR) is 108 cm³/mol. The average Bonchev–Trinajstić information content (AvgIpc) is 2.61. The maximum absolute atomic E-state index is 12.8. The zero-order chi connectivity index (χ0) is 19.6. The molecule has 0 spiro atoms. The summed E-state index contributed by atoms with van der Waals surface area (Å²) in [7, 11) is -3.71. The third-order valence-electron chi connectivity index (χ3n) is 4.91. The van der Waals surface area contributed by atoms with Crippen LogP contribution in [-0.2, 0) is 10.0 Å². The highest BCUT2D eigenvalue weighted by molar-refractivity contribution is 7.92. The molecule has 0 atom stereocenters. The van der Waals surface area contributed by atoms with Gasteiger partial charge in [0.25, 0.3) is 10.0 Å². The summed E-state index contributed by atoms with van der Waals surface area (Å²) in [6, 6.07) is 7.23. The first-order valence-electron chi connectivity index (χ1n) is 9.22. The fraction of sp³-hybridized carbons (Fsp3) is 0.474. The largest absolute Gasteiger partial charge is 0.353 e. The number of sulfonamides is 1. The van der Waals surface area contributed by atoms with Crippen molar-refractivity contribution in [3.05, 3.63) is 41.0 Å². The Kier molecular flexibility index (Phi) is 5.67. The van der Waals surface area contributed by atoms with Crippen molar-refractivity contribution in [1.29, 1.82) is 0 Å². The van der Waals surface area contributed by atoms with E-state index in [-0.39, 0.29) is 5.82 Å². The summed E-state index contributed by atoms with van der Waals surface area (Å²) in [4.78, 5) is 4.86. The van der Waals surface area contributed by atoms with Crippen molar-refractivity contribution >= 4 is 21.7 Å². The monoisotopic (exact) mass is 389 g/mol. The number of likely N-dealkylation sites (N-methyl/N-ethyl adjacent to an activating group) is 1. The van der Waals surface area contributed by atoms with Gasteiger partial charge in [-0.3, -0.25) is 4.72 Å². The first-order chi connectivity index (χ1) is 12.8. The maximum atomic E-state index is 12.8. The van der Waals surface area contributed by atoms with Gasteiger partial charge in [-0.15, -0.1) is 10.2 Å². The zero-order valence-electron chi connectivity index (χ0n) is 16.4. The minimum Gasteiger partial charge on any atom is -0.353 e. The van der Waals surface area contributed by atoms with Gasteiger partial charge in [0.2, 0.25) is 0 Å². The van der Waals surface area contributed by atoms with E-state index in [1.807, 2.05) is 25.1 Å². The molecule has 1 aliphatic rings. The van der Waals surface area contributed by atoms with Gasteiger partial charge in [0.05, 0.1) is 4.90 Å². The Morgan fingerprint density at radius 3 is 2.15 bits per heavy atom. The van der Waals surface area contributed by atoms with Gasteiger partial charge in [0.1, 0.15) is 0 Å². The van der Waals surface area contributed by atoms with Crippen molar-refractivity contribution in [1.82, 2.24) is 15.1 Å². The number of nitrogens with one attached hydrogen (secondary N) is 1. The van der Waals surface area contributed by atoms with Crippen LogP contribution in [0, 0.1) is 20.8 Å². The maximum Gasteiger partial charge on any atom is 0.263 e. The molecule has 1 N–H and O–H groups in total. The van der Waals surface area contributed by atoms with E-state index < -0.39 is 10.0 Å². The average molecular weight is 390 g/mol. The first kappa shape index (κ1) is 19.6. The van der Waals surface area contributed by atoms with Crippen molar-refractivity contribution < 1.29 is 8.42 Å². The molecule has 2 aromatic rings. The molecule has 1 fully saturated rings. The van der Waals surface area contributed by atoms with E-state index in [2.05, 4.69) is 31.6 Å². The molecule has 0 aliphatic carbocycles. The van der Waals surface area contributed by atoms with Crippen LogP contribution in [0.15, 0.2) is 29.2 Å². The van der Waals surface area contributed by atoms with Crippen LogP contribution in [0.4, 0.5) is 11.6 Å². The topological polar surface area (TPSA) is 78.4 Å². The lowest BCUT2D eigenvalue weighted by Gasteiger charge is -2.34. The zero-order valence-corrected chi connectivity index (χ0v) is 17.2. The lowest BCUT2D eigenvalue weighted by Crippen LogP contribution is -2.46. The Bertz CT molecular complexity index is 881. The van der Waals surface area contributed by atoms with Crippen molar-refractivity contribution in [2.24, 2.45) is 0 Å². The van der Waals surface area contributed by atoms with E-state index in [9.17, 15) is 8.42 Å². The Balaban J connectivity index is 1.75. The highest BCUT2D eigenvalue weighted by Crippen LogP contribution is 2.24. The highest BCUT2D eigenvalue weighted by Gasteiger charge is 2.21. The lowest BCUT2D eigenvalue weighted by molar-refractivity contribution is 0.270. The molecule has 0 amide bonds. The van der Waals surface area contributed by atoms with Crippen LogP contribution >= 0.6 is 0 Å². The van der Waals surface area contributed by atoms with Gasteiger partial charge in [-0.05, 0) is 50.6 Å². The molecule has 1 aromatic heterocycles. The first-order valence-corrected chi connectivity index (χ1v) is 10.7. The standard InChI is InChI=1S/C19H27N5O2S/c1-5-23-8-10-24(11-9-23)18-7-6-17(20-21-18)22-27(25,26)19-15(3)12-14(2)13-16(19)4/h6-7,12-13H,5,8-11H2,1-4H3,(H,20,22). The molecule has 146 valence electrons. The second-order valence-corrected chi connectivity index (χ2v) is 8.65. The highest BCUT2D eigenvalue weighted by atomic mass is 32.2. The van der Waals surface area contributed by atoms with Crippen LogP contribution in [0.5, 0.6) is 0 Å². The van der Waals surface area contributed by atoms with Gasteiger partial charge < -0.3 is 9.80 Å². The molecule has 8 heteroatoms. The Hall–Kier alpha value is -2.19. The van der Waals surface area contributed by atoms with Crippen LogP contribution in [0.3, 0.4) is 0 Å². The van der Waals surface area contributed by atoms with Crippen LogP contribution in [0.25, 0.3) is 0 Å². The number of hydrogen-bond acceptors (Lipinski definition) is 6. The molecule has 1 aliphatic heterocycles. The Labute approximate surface area is 161 Å². The van der Waals surface area contributed by atoms with Crippen LogP contribution < -0.4 is 9.62 Å². The van der Waals surface area contributed by atoms with Gasteiger partial charge in [-0.1, -0.05) is 24.6 Å².